The summed E-state index contributed by atoms with van der Waals surface area (Å²) in [7, 11) is 0. The van der Waals surface area contributed by atoms with Gasteiger partial charge in [0.15, 0.2) is 0 Å². The minimum Gasteiger partial charge on any atom is -0.494 e. The fourth-order valence-corrected chi connectivity index (χ4v) is 3.74. The quantitative estimate of drug-likeness (QED) is 0.559. The summed E-state index contributed by atoms with van der Waals surface area (Å²) in [5, 5.41) is 3.62. The van der Waals surface area contributed by atoms with Gasteiger partial charge in [0, 0.05) is 12.2 Å². The molecule has 1 N–H and O–H groups in total. The van der Waals surface area contributed by atoms with Gasteiger partial charge >= 0.3 is 0 Å². The van der Waals surface area contributed by atoms with E-state index in [1.165, 1.54) is 12.8 Å². The van der Waals surface area contributed by atoms with Crippen molar-refractivity contribution in [3.8, 4) is 5.75 Å². The topological polar surface area (TPSA) is 41.6 Å². The van der Waals surface area contributed by atoms with E-state index in [-0.39, 0.29) is 5.91 Å². The third kappa shape index (κ3) is 4.16. The Morgan fingerprint density at radius 1 is 0.964 bits per heavy atom. The molecule has 1 amide bonds. The molecule has 0 bridgehead atoms. The number of rotatable bonds is 9. The molecule has 0 saturated heterocycles. The number of hydrogen-bond acceptors (Lipinski definition) is 3. The first-order chi connectivity index (χ1) is 13.6. The molecule has 4 nitrogen and oxygen atoms in total. The molecule has 1 atom stereocenters. The minimum atomic E-state index is -0.582. The molecule has 1 heterocycles. The summed E-state index contributed by atoms with van der Waals surface area (Å²) in [5.74, 6) is 0.969. The normalized spacial score (nSPS) is 18.5. The molecular weight excluding hydrogens is 348 g/mol. The van der Waals surface area contributed by atoms with Crippen LogP contribution in [0.2, 0.25) is 0 Å². The van der Waals surface area contributed by atoms with Crippen LogP contribution < -0.4 is 10.1 Å². The SMILES string of the molecule is CCCCCOc1ccc(C2(C)Nc3ccccc3C(=O)N2CCCC)cc1. The number of benzene rings is 2. The molecule has 2 aromatic carbocycles. The van der Waals surface area contributed by atoms with Crippen molar-refractivity contribution in [2.24, 2.45) is 0 Å². The number of nitrogens with zero attached hydrogens (tertiary/aromatic N) is 1. The van der Waals surface area contributed by atoms with Crippen molar-refractivity contribution in [1.29, 1.82) is 0 Å². The monoisotopic (exact) mass is 380 g/mol. The lowest BCUT2D eigenvalue weighted by molar-refractivity contribution is 0.0531. The van der Waals surface area contributed by atoms with Crippen LogP contribution in [0.1, 0.15) is 68.8 Å². The van der Waals surface area contributed by atoms with Crippen LogP contribution in [0, 0.1) is 0 Å². The molecule has 0 saturated carbocycles. The van der Waals surface area contributed by atoms with Crippen LogP contribution in [0.25, 0.3) is 0 Å². The van der Waals surface area contributed by atoms with E-state index in [0.29, 0.717) is 0 Å². The fraction of sp³-hybridized carbons (Fsp3) is 0.458. The Hall–Kier alpha value is -2.49. The van der Waals surface area contributed by atoms with Crippen LogP contribution >= 0.6 is 0 Å². The van der Waals surface area contributed by atoms with Crippen LogP contribution in [-0.4, -0.2) is 24.0 Å². The number of anilines is 1. The molecule has 2 aromatic rings. The maximum atomic E-state index is 13.2. The predicted molar refractivity (Wildman–Crippen MR) is 115 cm³/mol. The van der Waals surface area contributed by atoms with Gasteiger partial charge < -0.3 is 15.0 Å². The summed E-state index contributed by atoms with van der Waals surface area (Å²) in [6.07, 6.45) is 5.48. The number of fused-ring (bicyclic) bond motifs is 1. The van der Waals surface area contributed by atoms with Crippen molar-refractivity contribution in [2.75, 3.05) is 18.5 Å². The lowest BCUT2D eigenvalue weighted by Gasteiger charge is -2.47. The molecule has 0 spiro atoms. The third-order valence-electron chi connectivity index (χ3n) is 5.49. The van der Waals surface area contributed by atoms with Crippen LogP contribution in [0.3, 0.4) is 0 Å². The van der Waals surface area contributed by atoms with Gasteiger partial charge in [-0.25, -0.2) is 0 Å². The van der Waals surface area contributed by atoms with E-state index in [1.54, 1.807) is 0 Å². The van der Waals surface area contributed by atoms with Crippen molar-refractivity contribution in [1.82, 2.24) is 4.90 Å². The highest BCUT2D eigenvalue weighted by molar-refractivity contribution is 6.02. The molecule has 4 heteroatoms. The smallest absolute Gasteiger partial charge is 0.258 e. The second-order valence-corrected chi connectivity index (χ2v) is 7.63. The second kappa shape index (κ2) is 9.13. The number of ether oxygens (including phenoxy) is 1. The van der Waals surface area contributed by atoms with Crippen molar-refractivity contribution in [3.63, 3.8) is 0 Å². The van der Waals surface area contributed by atoms with Gasteiger partial charge in [-0.1, -0.05) is 57.4 Å². The van der Waals surface area contributed by atoms with Crippen LogP contribution in [0.4, 0.5) is 5.69 Å². The molecule has 1 unspecified atom stereocenters. The zero-order valence-electron chi connectivity index (χ0n) is 17.3. The van der Waals surface area contributed by atoms with Crippen molar-refractivity contribution < 1.29 is 9.53 Å². The van der Waals surface area contributed by atoms with Crippen LogP contribution in [-0.2, 0) is 5.66 Å². The van der Waals surface area contributed by atoms with E-state index in [9.17, 15) is 4.79 Å². The highest BCUT2D eigenvalue weighted by Gasteiger charge is 2.41. The number of unbranched alkanes of at least 4 members (excludes halogenated alkanes) is 3. The average Bonchev–Trinajstić information content (AvgIpc) is 2.71. The lowest BCUT2D eigenvalue weighted by atomic mass is 9.93. The van der Waals surface area contributed by atoms with Gasteiger partial charge in [-0.15, -0.1) is 0 Å². The van der Waals surface area contributed by atoms with Gasteiger partial charge in [-0.2, -0.15) is 0 Å². The first-order valence-corrected chi connectivity index (χ1v) is 10.5. The van der Waals surface area contributed by atoms with Crippen molar-refractivity contribution in [3.05, 3.63) is 59.7 Å². The predicted octanol–water partition coefficient (Wildman–Crippen LogP) is 5.80. The number of amides is 1. The molecule has 0 radical (unpaired) electrons. The first-order valence-electron chi connectivity index (χ1n) is 10.5. The molecule has 0 fully saturated rings. The Morgan fingerprint density at radius 3 is 2.39 bits per heavy atom. The van der Waals surface area contributed by atoms with Crippen LogP contribution in [0.5, 0.6) is 5.75 Å². The Balaban J connectivity index is 1.85. The van der Waals surface area contributed by atoms with E-state index >= 15 is 0 Å². The number of nitrogens with one attached hydrogen (secondary N) is 1. The number of para-hydroxylation sites is 1. The van der Waals surface area contributed by atoms with E-state index in [1.807, 2.05) is 41.3 Å². The van der Waals surface area contributed by atoms with E-state index in [2.05, 4.69) is 38.2 Å². The molecule has 0 aromatic heterocycles. The number of carbonyl (C=O) groups is 1. The van der Waals surface area contributed by atoms with Crippen molar-refractivity contribution >= 4 is 11.6 Å². The maximum absolute atomic E-state index is 13.2. The zero-order valence-corrected chi connectivity index (χ0v) is 17.3. The Morgan fingerprint density at radius 2 is 1.68 bits per heavy atom. The highest BCUT2D eigenvalue weighted by atomic mass is 16.5. The van der Waals surface area contributed by atoms with Gasteiger partial charge in [0.25, 0.3) is 5.91 Å². The summed E-state index contributed by atoms with van der Waals surface area (Å²) in [6, 6.07) is 15.9. The second-order valence-electron chi connectivity index (χ2n) is 7.63. The number of hydrogen-bond donors (Lipinski definition) is 1. The van der Waals surface area contributed by atoms with Gasteiger partial charge in [0.1, 0.15) is 11.4 Å². The Labute approximate surface area is 168 Å². The summed E-state index contributed by atoms with van der Waals surface area (Å²) in [5.41, 5.74) is 2.11. The third-order valence-corrected chi connectivity index (χ3v) is 5.49. The highest BCUT2D eigenvalue weighted by Crippen LogP contribution is 2.38. The largest absolute Gasteiger partial charge is 0.494 e. The summed E-state index contributed by atoms with van der Waals surface area (Å²) >= 11 is 0. The fourth-order valence-electron chi connectivity index (χ4n) is 3.74. The molecule has 0 aliphatic carbocycles. The van der Waals surface area contributed by atoms with Gasteiger partial charge in [-0.05, 0) is 49.6 Å². The van der Waals surface area contributed by atoms with E-state index in [4.69, 9.17) is 4.74 Å². The summed E-state index contributed by atoms with van der Waals surface area (Å²) in [6.45, 7) is 7.90. The van der Waals surface area contributed by atoms with E-state index < -0.39 is 5.66 Å². The van der Waals surface area contributed by atoms with Gasteiger partial charge in [0.05, 0.1) is 12.2 Å². The molecule has 28 heavy (non-hydrogen) atoms. The first kappa shape index (κ1) is 20.2. The van der Waals surface area contributed by atoms with E-state index in [0.717, 1.165) is 55.0 Å². The van der Waals surface area contributed by atoms with Gasteiger partial charge in [0.2, 0.25) is 0 Å². The molecule has 150 valence electrons. The minimum absolute atomic E-state index is 0.0881. The molecule has 1 aliphatic heterocycles. The van der Waals surface area contributed by atoms with Gasteiger partial charge in [-0.3, -0.25) is 4.79 Å². The number of carbonyl (C=O) groups excluding carboxylic acids is 1. The summed E-state index contributed by atoms with van der Waals surface area (Å²) in [4.78, 5) is 15.2. The zero-order chi connectivity index (χ0) is 20.0. The Kier molecular flexibility index (Phi) is 6.61. The lowest BCUT2D eigenvalue weighted by Crippen LogP contribution is -2.56. The standard InChI is InChI=1S/C24H32N2O2/c1-4-6-10-18-28-20-15-13-19(14-16-20)24(3)25-22-12-9-8-11-21(22)23(27)26(24)17-7-5-2/h8-9,11-16,25H,4-7,10,17-18H2,1-3H3. The van der Waals surface area contributed by atoms with Crippen molar-refractivity contribution in [2.45, 2.75) is 58.5 Å². The maximum Gasteiger partial charge on any atom is 0.258 e. The average molecular weight is 381 g/mol. The summed E-state index contributed by atoms with van der Waals surface area (Å²) < 4.78 is 5.85. The molecule has 1 aliphatic rings. The van der Waals surface area contributed by atoms with Crippen LogP contribution in [0.15, 0.2) is 48.5 Å². The molecular formula is C24H32N2O2. The Bertz CT molecular complexity index is 787. The molecule has 3 rings (SSSR count).